The van der Waals surface area contributed by atoms with Gasteiger partial charge in [0, 0.05) is 51.1 Å². The third kappa shape index (κ3) is 6.79. The molecule has 0 bridgehead atoms. The molecular formula is C33H45N7O4S. The predicted molar refractivity (Wildman–Crippen MR) is 175 cm³/mol. The molecule has 1 unspecified atom stereocenters. The Morgan fingerprint density at radius 2 is 1.76 bits per heavy atom. The van der Waals surface area contributed by atoms with E-state index in [4.69, 9.17) is 0 Å². The molecule has 2 aromatic carbocycles. The van der Waals surface area contributed by atoms with Gasteiger partial charge in [0.2, 0.25) is 15.9 Å². The van der Waals surface area contributed by atoms with Gasteiger partial charge in [-0.15, -0.1) is 0 Å². The molecule has 0 saturated carbocycles. The number of nitrogens with zero attached hydrogens (tertiary/aromatic N) is 5. The molecule has 1 aromatic heterocycles. The minimum atomic E-state index is -3.48. The minimum Gasteiger partial charge on any atom is -0.317 e. The van der Waals surface area contributed by atoms with Gasteiger partial charge in [-0.05, 0) is 99.5 Å². The van der Waals surface area contributed by atoms with Crippen molar-refractivity contribution in [2.45, 2.75) is 62.3 Å². The lowest BCUT2D eigenvalue weighted by molar-refractivity contribution is -0.120. The largest absolute Gasteiger partial charge is 0.329 e. The number of carbonyl (C=O) groups is 2. The summed E-state index contributed by atoms with van der Waals surface area (Å²) in [4.78, 5) is 28.5. The number of piperidine rings is 2. The van der Waals surface area contributed by atoms with Crippen molar-refractivity contribution in [3.8, 4) is 0 Å². The first kappa shape index (κ1) is 31.7. The maximum absolute atomic E-state index is 13.3. The Morgan fingerprint density at radius 3 is 2.47 bits per heavy atom. The average Bonchev–Trinajstić information content (AvgIpc) is 3.36. The number of aromatic nitrogens is 2. The molecule has 3 fully saturated rings. The van der Waals surface area contributed by atoms with Gasteiger partial charge in [0.15, 0.2) is 5.82 Å². The quantitative estimate of drug-likeness (QED) is 0.370. The summed E-state index contributed by atoms with van der Waals surface area (Å²) in [6.45, 7) is 6.71. The van der Waals surface area contributed by atoms with Crippen LogP contribution in [0.2, 0.25) is 0 Å². The number of imide groups is 1. The third-order valence-electron chi connectivity index (χ3n) is 9.78. The van der Waals surface area contributed by atoms with E-state index in [9.17, 15) is 18.0 Å². The summed E-state index contributed by atoms with van der Waals surface area (Å²) in [5.74, 6) is 1.19. The fourth-order valence-electron chi connectivity index (χ4n) is 7.20. The summed E-state index contributed by atoms with van der Waals surface area (Å²) in [6, 6.07) is 13.9. The first-order valence-electron chi connectivity index (χ1n) is 16.2. The number of urea groups is 1. The van der Waals surface area contributed by atoms with Crippen LogP contribution in [0.1, 0.15) is 56.1 Å². The monoisotopic (exact) mass is 635 g/mol. The normalized spacial score (nSPS) is 20.6. The van der Waals surface area contributed by atoms with Crippen molar-refractivity contribution in [1.29, 1.82) is 0 Å². The number of benzene rings is 2. The predicted octanol–water partition coefficient (Wildman–Crippen LogP) is 3.45. The van der Waals surface area contributed by atoms with Crippen molar-refractivity contribution in [2.24, 2.45) is 13.0 Å². The fourth-order valence-corrected chi connectivity index (χ4v) is 8.74. The zero-order valence-electron chi connectivity index (χ0n) is 26.5. The Hall–Kier alpha value is -3.32. The second-order valence-corrected chi connectivity index (χ2v) is 14.9. The van der Waals surface area contributed by atoms with Crippen molar-refractivity contribution < 1.29 is 18.0 Å². The first-order chi connectivity index (χ1) is 21.6. The molecule has 6 rings (SSSR count). The standard InChI is InChI=1S/C33H45N7O4S/c1-23(19-24-5-4-6-28(20-24)45(43,44)39-16-11-27(34-2)12-17-39)22-38-14-9-25(10-15-38)26-7-8-29-30(21-26)37(3)36-32(29)40-18-13-31(41)35-33(40)42/h4-8,20-21,23,25,27,34H,9-19,22H2,1-3H3,(H,35,41,42). The van der Waals surface area contributed by atoms with Crippen LogP contribution in [0.4, 0.5) is 10.6 Å². The SMILES string of the molecule is CNC1CCN(S(=O)(=O)c2cccc(CC(C)CN3CCC(c4ccc5c(N6CCC(=O)NC6=O)nn(C)c5c4)CC3)c2)CC1. The van der Waals surface area contributed by atoms with E-state index in [1.807, 2.05) is 37.0 Å². The van der Waals surface area contributed by atoms with Crippen molar-refractivity contribution in [2.75, 3.05) is 51.2 Å². The van der Waals surface area contributed by atoms with E-state index in [0.29, 0.717) is 48.2 Å². The molecular weight excluding hydrogens is 590 g/mol. The Morgan fingerprint density at radius 1 is 1.00 bits per heavy atom. The highest BCUT2D eigenvalue weighted by Crippen LogP contribution is 2.34. The number of rotatable bonds is 9. The van der Waals surface area contributed by atoms with Gasteiger partial charge in [-0.1, -0.05) is 25.1 Å². The Bertz CT molecular complexity index is 1660. The van der Waals surface area contributed by atoms with Crippen LogP contribution in [0.15, 0.2) is 47.4 Å². The van der Waals surface area contributed by atoms with Gasteiger partial charge in [-0.2, -0.15) is 9.40 Å². The van der Waals surface area contributed by atoms with E-state index in [0.717, 1.165) is 68.2 Å². The molecule has 0 aliphatic carbocycles. The number of anilines is 1. The highest BCUT2D eigenvalue weighted by molar-refractivity contribution is 7.89. The molecule has 0 spiro atoms. The number of aryl methyl sites for hydroxylation is 1. The summed E-state index contributed by atoms with van der Waals surface area (Å²) in [5.41, 5.74) is 3.34. The Balaban J connectivity index is 1.03. The van der Waals surface area contributed by atoms with E-state index < -0.39 is 16.1 Å². The van der Waals surface area contributed by atoms with Crippen LogP contribution in [-0.2, 0) is 28.3 Å². The lowest BCUT2D eigenvalue weighted by Crippen LogP contribution is -2.49. The molecule has 3 amide bonds. The molecule has 3 aliphatic rings. The molecule has 12 heteroatoms. The van der Waals surface area contributed by atoms with Crippen LogP contribution in [0.25, 0.3) is 10.9 Å². The van der Waals surface area contributed by atoms with Crippen LogP contribution in [0.5, 0.6) is 0 Å². The van der Waals surface area contributed by atoms with E-state index in [-0.39, 0.29) is 12.3 Å². The molecule has 2 N–H and O–H groups in total. The molecule has 11 nitrogen and oxygen atoms in total. The average molecular weight is 636 g/mol. The number of carbonyl (C=O) groups excluding carboxylic acids is 2. The van der Waals surface area contributed by atoms with Crippen molar-refractivity contribution in [3.63, 3.8) is 0 Å². The van der Waals surface area contributed by atoms with E-state index in [1.165, 1.54) is 5.56 Å². The highest BCUT2D eigenvalue weighted by Gasteiger charge is 2.30. The Kier molecular flexibility index (Phi) is 9.28. The number of likely N-dealkylation sites (tertiary alicyclic amines) is 1. The van der Waals surface area contributed by atoms with E-state index in [2.05, 4.69) is 45.8 Å². The molecule has 3 saturated heterocycles. The minimum absolute atomic E-state index is 0.254. The van der Waals surface area contributed by atoms with E-state index in [1.54, 1.807) is 15.3 Å². The van der Waals surface area contributed by atoms with Crippen LogP contribution in [0.3, 0.4) is 0 Å². The van der Waals surface area contributed by atoms with Gasteiger partial charge >= 0.3 is 6.03 Å². The number of amides is 3. The second kappa shape index (κ2) is 13.2. The molecule has 3 aromatic rings. The topological polar surface area (TPSA) is 120 Å². The lowest BCUT2D eigenvalue weighted by Gasteiger charge is -2.34. The van der Waals surface area contributed by atoms with Crippen LogP contribution in [-0.4, -0.2) is 91.7 Å². The smallest absolute Gasteiger partial charge is 0.317 e. The summed E-state index contributed by atoms with van der Waals surface area (Å²) in [6.07, 6.45) is 4.92. The van der Waals surface area contributed by atoms with Gasteiger partial charge in [-0.3, -0.25) is 19.7 Å². The zero-order valence-corrected chi connectivity index (χ0v) is 27.4. The van der Waals surface area contributed by atoms with Crippen molar-refractivity contribution in [1.82, 2.24) is 29.6 Å². The second-order valence-electron chi connectivity index (χ2n) is 13.0. The van der Waals surface area contributed by atoms with Gasteiger partial charge in [-0.25, -0.2) is 13.2 Å². The highest BCUT2D eigenvalue weighted by atomic mass is 32.2. The molecule has 242 valence electrons. The summed E-state index contributed by atoms with van der Waals surface area (Å²) in [7, 11) is 0.350. The maximum Gasteiger partial charge on any atom is 0.329 e. The molecule has 1 atom stereocenters. The van der Waals surface area contributed by atoms with Crippen molar-refractivity contribution in [3.05, 3.63) is 53.6 Å². The fraction of sp³-hybridized carbons (Fsp3) is 0.545. The maximum atomic E-state index is 13.3. The number of fused-ring (bicyclic) bond motifs is 1. The van der Waals surface area contributed by atoms with Gasteiger partial charge in [0.1, 0.15) is 0 Å². The molecule has 3 aliphatic heterocycles. The Labute approximate surface area is 266 Å². The van der Waals surface area contributed by atoms with Crippen molar-refractivity contribution >= 4 is 38.7 Å². The summed E-state index contributed by atoms with van der Waals surface area (Å²) >= 11 is 0. The number of hydrogen-bond donors (Lipinski definition) is 2. The van der Waals surface area contributed by atoms with Crippen LogP contribution in [0, 0.1) is 5.92 Å². The van der Waals surface area contributed by atoms with Gasteiger partial charge in [0.25, 0.3) is 0 Å². The van der Waals surface area contributed by atoms with Gasteiger partial charge in [0.05, 0.1) is 10.4 Å². The third-order valence-corrected chi connectivity index (χ3v) is 11.7. The van der Waals surface area contributed by atoms with Gasteiger partial charge < -0.3 is 10.2 Å². The van der Waals surface area contributed by atoms with E-state index >= 15 is 0 Å². The summed E-state index contributed by atoms with van der Waals surface area (Å²) < 4.78 is 30.1. The number of nitrogens with one attached hydrogen (secondary N) is 2. The molecule has 0 radical (unpaired) electrons. The summed E-state index contributed by atoms with van der Waals surface area (Å²) in [5, 5.41) is 11.2. The lowest BCUT2D eigenvalue weighted by atomic mass is 9.88. The molecule has 4 heterocycles. The number of sulfonamides is 1. The first-order valence-corrected chi connectivity index (χ1v) is 17.6. The number of hydrogen-bond acceptors (Lipinski definition) is 7. The van der Waals surface area contributed by atoms with Crippen LogP contribution >= 0.6 is 0 Å². The van der Waals surface area contributed by atoms with Crippen LogP contribution < -0.4 is 15.5 Å². The molecule has 45 heavy (non-hydrogen) atoms. The zero-order chi connectivity index (χ0) is 31.7.